The van der Waals surface area contributed by atoms with Crippen molar-refractivity contribution in [3.63, 3.8) is 0 Å². The molecule has 0 saturated carbocycles. The molecule has 0 radical (unpaired) electrons. The van der Waals surface area contributed by atoms with Gasteiger partial charge in [-0.05, 0) is 36.8 Å². The molecule has 0 aliphatic rings. The molecule has 144 valence electrons. The maximum absolute atomic E-state index is 11.9. The molecule has 0 fully saturated rings. The summed E-state index contributed by atoms with van der Waals surface area (Å²) in [5.74, 6) is -0.316. The molecular formula is C21H19ClN2O3S. The van der Waals surface area contributed by atoms with Crippen molar-refractivity contribution in [2.75, 3.05) is 16.8 Å². The largest absolute Gasteiger partial charge is 0.460 e. The molecule has 2 aromatic carbocycles. The van der Waals surface area contributed by atoms with Gasteiger partial charge in [0.05, 0.1) is 17.0 Å². The minimum Gasteiger partial charge on any atom is -0.460 e. The van der Waals surface area contributed by atoms with E-state index in [-0.39, 0.29) is 24.0 Å². The third-order valence-corrected chi connectivity index (χ3v) is 5.13. The van der Waals surface area contributed by atoms with E-state index in [1.807, 2.05) is 61.5 Å². The number of halogens is 1. The second-order valence-electron chi connectivity index (χ2n) is 6.20. The highest BCUT2D eigenvalue weighted by atomic mass is 35.5. The van der Waals surface area contributed by atoms with Crippen molar-refractivity contribution >= 4 is 51.8 Å². The lowest BCUT2D eigenvalue weighted by atomic mass is 10.2. The number of carbonyl (C=O) groups is 2. The molecule has 0 unspecified atom stereocenters. The molecule has 0 aliphatic carbocycles. The Morgan fingerprint density at radius 2 is 1.93 bits per heavy atom. The average Bonchev–Trinajstić information content (AvgIpc) is 2.66. The fourth-order valence-corrected chi connectivity index (χ4v) is 3.39. The van der Waals surface area contributed by atoms with Gasteiger partial charge in [0.2, 0.25) is 5.91 Å². The molecule has 3 rings (SSSR count). The van der Waals surface area contributed by atoms with E-state index in [1.54, 1.807) is 0 Å². The van der Waals surface area contributed by atoms with Crippen LogP contribution in [-0.4, -0.2) is 28.4 Å². The van der Waals surface area contributed by atoms with Crippen LogP contribution in [0, 0.1) is 6.92 Å². The molecule has 1 N–H and O–H groups in total. The quantitative estimate of drug-likeness (QED) is 0.451. The fraction of sp³-hybridized carbons (Fsp3) is 0.190. The number of aromatic nitrogens is 1. The summed E-state index contributed by atoms with van der Waals surface area (Å²) in [4.78, 5) is 28.2. The Morgan fingerprint density at radius 3 is 2.75 bits per heavy atom. The number of ether oxygens (including phenoxy) is 1. The van der Waals surface area contributed by atoms with Crippen LogP contribution in [0.4, 0.5) is 5.69 Å². The van der Waals surface area contributed by atoms with Gasteiger partial charge >= 0.3 is 5.97 Å². The van der Waals surface area contributed by atoms with Gasteiger partial charge in [-0.3, -0.25) is 9.59 Å². The first kappa shape index (κ1) is 20.2. The van der Waals surface area contributed by atoms with Crippen molar-refractivity contribution in [2.24, 2.45) is 0 Å². The Labute approximate surface area is 172 Å². The molecule has 0 spiro atoms. The predicted molar refractivity (Wildman–Crippen MR) is 114 cm³/mol. The molecule has 7 heteroatoms. The van der Waals surface area contributed by atoms with Gasteiger partial charge in [0.15, 0.2) is 0 Å². The van der Waals surface area contributed by atoms with Gasteiger partial charge in [-0.15, -0.1) is 11.8 Å². The summed E-state index contributed by atoms with van der Waals surface area (Å²) >= 11 is 7.36. The van der Waals surface area contributed by atoms with Crippen molar-refractivity contribution in [2.45, 2.75) is 13.5 Å². The van der Waals surface area contributed by atoms with Crippen LogP contribution >= 0.6 is 23.4 Å². The van der Waals surface area contributed by atoms with Crippen LogP contribution < -0.4 is 5.32 Å². The lowest BCUT2D eigenvalue weighted by Gasteiger charge is -2.08. The van der Waals surface area contributed by atoms with Crippen LogP contribution in [0.25, 0.3) is 10.9 Å². The summed E-state index contributed by atoms with van der Waals surface area (Å²) in [6, 6.07) is 17.0. The summed E-state index contributed by atoms with van der Waals surface area (Å²) in [5, 5.41) is 4.05. The Bertz CT molecular complexity index is 1010. The number of amides is 1. The molecule has 0 bridgehead atoms. The monoisotopic (exact) mass is 414 g/mol. The summed E-state index contributed by atoms with van der Waals surface area (Å²) in [6.07, 6.45) is 0. The van der Waals surface area contributed by atoms with E-state index >= 15 is 0 Å². The number of fused-ring (bicyclic) bond motifs is 1. The SMILES string of the molecule is Cc1cccc(NC(=O)CSCC(=O)OCc2cc3ccccc3nc2Cl)c1. The molecule has 5 nitrogen and oxygen atoms in total. The number of hydrogen-bond donors (Lipinski definition) is 1. The molecule has 28 heavy (non-hydrogen) atoms. The van der Waals surface area contributed by atoms with Crippen LogP contribution in [0.15, 0.2) is 54.6 Å². The molecule has 0 atom stereocenters. The van der Waals surface area contributed by atoms with Crippen LogP contribution in [0.1, 0.15) is 11.1 Å². The Morgan fingerprint density at radius 1 is 1.11 bits per heavy atom. The van der Waals surface area contributed by atoms with Gasteiger partial charge in [-0.1, -0.05) is 41.9 Å². The zero-order valence-electron chi connectivity index (χ0n) is 15.3. The predicted octanol–water partition coefficient (Wildman–Crippen LogP) is 4.61. The third kappa shape index (κ3) is 5.71. The Hall–Kier alpha value is -2.57. The van der Waals surface area contributed by atoms with Gasteiger partial charge in [0.1, 0.15) is 11.8 Å². The van der Waals surface area contributed by atoms with Gasteiger partial charge in [-0.2, -0.15) is 0 Å². The molecule has 1 aromatic heterocycles. The van der Waals surface area contributed by atoms with Crippen molar-refractivity contribution < 1.29 is 14.3 Å². The summed E-state index contributed by atoms with van der Waals surface area (Å²) < 4.78 is 5.26. The molecule has 0 aliphatic heterocycles. The van der Waals surface area contributed by atoms with E-state index < -0.39 is 5.97 Å². The minimum atomic E-state index is -0.405. The van der Waals surface area contributed by atoms with Gasteiger partial charge in [-0.25, -0.2) is 4.98 Å². The highest BCUT2D eigenvalue weighted by molar-refractivity contribution is 8.00. The standard InChI is InChI=1S/C21H19ClN2O3S/c1-14-5-4-7-17(9-14)23-19(25)12-28-13-20(26)27-11-16-10-15-6-2-3-8-18(15)24-21(16)22/h2-10H,11-13H2,1H3,(H,23,25). The van der Waals surface area contributed by atoms with Gasteiger partial charge < -0.3 is 10.1 Å². The van der Waals surface area contributed by atoms with Gasteiger partial charge in [0.25, 0.3) is 0 Å². The normalized spacial score (nSPS) is 10.6. The minimum absolute atomic E-state index is 0.0472. The number of rotatable bonds is 7. The van der Waals surface area contributed by atoms with Gasteiger partial charge in [0, 0.05) is 16.6 Å². The topological polar surface area (TPSA) is 68.3 Å². The zero-order valence-corrected chi connectivity index (χ0v) is 16.8. The van der Waals surface area contributed by atoms with Crippen molar-refractivity contribution in [3.05, 3.63) is 70.9 Å². The van der Waals surface area contributed by atoms with Crippen LogP contribution in [0.5, 0.6) is 0 Å². The summed E-state index contributed by atoms with van der Waals surface area (Å²) in [7, 11) is 0. The number of nitrogens with zero attached hydrogens (tertiary/aromatic N) is 1. The van der Waals surface area contributed by atoms with Crippen LogP contribution in [-0.2, 0) is 20.9 Å². The van der Waals surface area contributed by atoms with Crippen molar-refractivity contribution in [3.8, 4) is 0 Å². The van der Waals surface area contributed by atoms with E-state index in [4.69, 9.17) is 16.3 Å². The highest BCUT2D eigenvalue weighted by Crippen LogP contribution is 2.21. The van der Waals surface area contributed by atoms with Crippen LogP contribution in [0.3, 0.4) is 0 Å². The number of thioether (sulfide) groups is 1. The summed E-state index contributed by atoms with van der Waals surface area (Å²) in [5.41, 5.74) is 3.25. The van der Waals surface area contributed by atoms with E-state index in [2.05, 4.69) is 10.3 Å². The van der Waals surface area contributed by atoms with E-state index in [0.29, 0.717) is 10.7 Å². The lowest BCUT2D eigenvalue weighted by Crippen LogP contribution is -2.16. The van der Waals surface area contributed by atoms with E-state index in [0.717, 1.165) is 22.2 Å². The number of esters is 1. The number of benzene rings is 2. The third-order valence-electron chi connectivity index (χ3n) is 3.89. The number of aryl methyl sites for hydroxylation is 1. The Balaban J connectivity index is 1.43. The van der Waals surface area contributed by atoms with E-state index in [9.17, 15) is 9.59 Å². The smallest absolute Gasteiger partial charge is 0.316 e. The number of pyridine rings is 1. The van der Waals surface area contributed by atoms with Crippen molar-refractivity contribution in [1.82, 2.24) is 4.98 Å². The maximum Gasteiger partial charge on any atom is 0.316 e. The molecule has 3 aromatic rings. The average molecular weight is 415 g/mol. The second kappa shape index (κ2) is 9.57. The summed E-state index contributed by atoms with van der Waals surface area (Å²) in [6.45, 7) is 2.00. The zero-order chi connectivity index (χ0) is 19.9. The fourth-order valence-electron chi connectivity index (χ4n) is 2.58. The first-order valence-corrected chi connectivity index (χ1v) is 10.2. The maximum atomic E-state index is 11.9. The second-order valence-corrected chi connectivity index (χ2v) is 7.55. The number of anilines is 1. The Kier molecular flexibility index (Phi) is 6.90. The molecule has 1 heterocycles. The number of hydrogen-bond acceptors (Lipinski definition) is 5. The van der Waals surface area contributed by atoms with Crippen molar-refractivity contribution in [1.29, 1.82) is 0 Å². The molecular weight excluding hydrogens is 396 g/mol. The number of carbonyl (C=O) groups excluding carboxylic acids is 2. The molecule has 1 amide bonds. The highest BCUT2D eigenvalue weighted by Gasteiger charge is 2.10. The first-order chi connectivity index (χ1) is 13.5. The number of para-hydroxylation sites is 1. The lowest BCUT2D eigenvalue weighted by molar-refractivity contribution is -0.141. The molecule has 0 saturated heterocycles. The van der Waals surface area contributed by atoms with E-state index in [1.165, 1.54) is 11.8 Å². The number of nitrogens with one attached hydrogen (secondary N) is 1. The first-order valence-electron chi connectivity index (χ1n) is 8.65. The van der Waals surface area contributed by atoms with Crippen LogP contribution in [0.2, 0.25) is 5.15 Å².